The third-order valence-electron chi connectivity index (χ3n) is 0. The van der Waals surface area contributed by atoms with Crippen molar-refractivity contribution in [3.8, 4) is 0 Å². The van der Waals surface area contributed by atoms with Crippen LogP contribution >= 0.6 is 0 Å². The van der Waals surface area contributed by atoms with Gasteiger partial charge in [-0.2, -0.15) is 8.42 Å². The van der Waals surface area contributed by atoms with E-state index in [1.54, 1.807) is 0 Å². The van der Waals surface area contributed by atoms with Gasteiger partial charge in [0.2, 0.25) is 0 Å². The Morgan fingerprint density at radius 2 is 1.33 bits per heavy atom. The average Bonchev–Trinajstić information content (AvgIpc) is 0.722. The first-order valence-electron chi connectivity index (χ1n) is 0.698. The molecule has 4 nitrogen and oxygen atoms in total. The molecule has 0 spiro atoms. The van der Waals surface area contributed by atoms with Gasteiger partial charge in [-0.15, -0.1) is 0 Å². The molecule has 0 heterocycles. The van der Waals surface area contributed by atoms with Crippen LogP contribution in [-0.4, -0.2) is 68.9 Å². The average molecular weight is 140 g/mol. The van der Waals surface area contributed by atoms with E-state index in [4.69, 9.17) is 17.5 Å². The predicted molar refractivity (Wildman–Crippen MR) is 23.6 cm³/mol. The third-order valence-corrected chi connectivity index (χ3v) is 0. The van der Waals surface area contributed by atoms with Crippen LogP contribution in [0.5, 0.6) is 0 Å². The van der Waals surface area contributed by atoms with E-state index in [2.05, 4.69) is 0 Å². The third kappa shape index (κ3) is 49.3. The normalized spacial score (nSPS) is 9.67. The molecule has 2 N–H and O–H groups in total. The van der Waals surface area contributed by atoms with Gasteiger partial charge in [0.1, 0.15) is 0 Å². The molecule has 0 aliphatic heterocycles. The molecule has 0 amide bonds. The first-order valence-corrected chi connectivity index (χ1v) is 2.10. The quantitative estimate of drug-likeness (QED) is 0.331. The van der Waals surface area contributed by atoms with E-state index in [1.165, 1.54) is 0 Å². The second kappa shape index (κ2) is 3.50. The van der Waals surface area contributed by atoms with Gasteiger partial charge in [-0.3, -0.25) is 9.11 Å². The van der Waals surface area contributed by atoms with E-state index < -0.39 is 10.4 Å². The van der Waals surface area contributed by atoms with E-state index >= 15 is 0 Å². The molecule has 0 aromatic heterocycles. The van der Waals surface area contributed by atoms with Crippen LogP contribution < -0.4 is 0 Å². The van der Waals surface area contributed by atoms with Crippen molar-refractivity contribution in [2.24, 2.45) is 0 Å². The van der Waals surface area contributed by atoms with Crippen LogP contribution in [0.2, 0.25) is 0 Å². The van der Waals surface area contributed by atoms with Crippen LogP contribution in [0.3, 0.4) is 0 Å². The molecule has 6 heteroatoms. The van der Waals surface area contributed by atoms with Crippen molar-refractivity contribution in [3.05, 3.63) is 0 Å². The van der Waals surface area contributed by atoms with Crippen molar-refractivity contribution in [2.75, 3.05) is 0 Å². The van der Waals surface area contributed by atoms with Crippen LogP contribution in [0.4, 0.5) is 0 Å². The zero-order valence-electron chi connectivity index (χ0n) is 4.12. The topological polar surface area (TPSA) is 74.6 Å². The fraction of sp³-hybridized carbons (Fsp3) is 0. The second-order valence-corrected chi connectivity index (χ2v) is 1.34. The van der Waals surface area contributed by atoms with E-state index in [9.17, 15) is 0 Å². The second-order valence-electron chi connectivity index (χ2n) is 0.448. The Balaban J connectivity index is -0.0000000267. The van der Waals surface area contributed by atoms with Crippen molar-refractivity contribution in [1.82, 2.24) is 0 Å². The van der Waals surface area contributed by atoms with Gasteiger partial charge < -0.3 is 0 Å². The summed E-state index contributed by atoms with van der Waals surface area (Å²) in [5, 5.41) is 0. The van der Waals surface area contributed by atoms with Crippen molar-refractivity contribution in [2.45, 2.75) is 0 Å². The molecule has 6 heavy (non-hydrogen) atoms. The summed E-state index contributed by atoms with van der Waals surface area (Å²) in [6.07, 6.45) is 0. The molecular weight excluding hydrogens is 135 g/mol. The number of hydrogen-bond donors (Lipinski definition) is 2. The molecule has 0 rings (SSSR count). The minimum atomic E-state index is -4.67. The Morgan fingerprint density at radius 3 is 1.33 bits per heavy atom. The summed E-state index contributed by atoms with van der Waals surface area (Å²) in [5.41, 5.74) is 0. The van der Waals surface area contributed by atoms with Crippen LogP contribution in [0.25, 0.3) is 0 Å². The van der Waals surface area contributed by atoms with E-state index in [0.717, 1.165) is 0 Å². The molecule has 0 radical (unpaired) electrons. The number of hydrogen-bond acceptors (Lipinski definition) is 2. The molecule has 0 fully saturated rings. The molecule has 0 aliphatic rings. The summed E-state index contributed by atoms with van der Waals surface area (Å²) < 4.78 is 31.6. The minimum absolute atomic E-state index is 0. The maximum absolute atomic E-state index is 8.74. The fourth-order valence-electron chi connectivity index (χ4n) is 0. The van der Waals surface area contributed by atoms with Gasteiger partial charge in [0, 0.05) is 0 Å². The Kier molecular flexibility index (Phi) is 6.12. The van der Waals surface area contributed by atoms with Gasteiger partial charge in [-0.1, -0.05) is 0 Å². The van der Waals surface area contributed by atoms with Gasteiger partial charge in [-0.05, 0) is 0 Å². The van der Waals surface area contributed by atoms with E-state index in [1.807, 2.05) is 0 Å². The van der Waals surface area contributed by atoms with Gasteiger partial charge >= 0.3 is 64.6 Å². The zero-order chi connectivity index (χ0) is 4.50. The summed E-state index contributed by atoms with van der Waals surface area (Å²) in [5.74, 6) is 0. The van der Waals surface area contributed by atoms with E-state index in [-0.39, 0.29) is 54.2 Å². The molecule has 0 aromatic rings. The molecule has 0 bridgehead atoms. The van der Waals surface area contributed by atoms with Crippen LogP contribution in [0.15, 0.2) is 0 Å². The van der Waals surface area contributed by atoms with Crippen molar-refractivity contribution in [1.29, 1.82) is 0 Å². The molecule has 0 aromatic carbocycles. The molecular formula is H5KO4S+2. The monoisotopic (exact) mass is 140 g/mol. The number of rotatable bonds is 0. The van der Waals surface area contributed by atoms with Gasteiger partial charge in [-0.25, -0.2) is 0 Å². The zero-order valence-corrected chi connectivity index (χ0v) is 2.94. The molecule has 0 atom stereocenters. The summed E-state index contributed by atoms with van der Waals surface area (Å²) in [4.78, 5) is 0. The van der Waals surface area contributed by atoms with Crippen LogP contribution in [0, 0.1) is 0 Å². The fourth-order valence-corrected chi connectivity index (χ4v) is 0. The Bertz CT molecular complexity index is 97.2. The SMILES string of the molecule is O=S(=O)(O)O.[H+].[H+].[KH]. The molecule has 34 valence electrons. The first kappa shape index (κ1) is 10.5. The van der Waals surface area contributed by atoms with Crippen molar-refractivity contribution < 1.29 is 20.4 Å². The van der Waals surface area contributed by atoms with Crippen LogP contribution in [0.1, 0.15) is 2.85 Å². The van der Waals surface area contributed by atoms with Crippen molar-refractivity contribution >= 4 is 61.8 Å². The standard InChI is InChI=1S/K.H2O4S.H/c;1-5(2,3)4;/h;(H2,1,2,3,4);/p+2. The summed E-state index contributed by atoms with van der Waals surface area (Å²) >= 11 is 0. The molecule has 0 saturated carbocycles. The van der Waals surface area contributed by atoms with Gasteiger partial charge in [0.25, 0.3) is 0 Å². The van der Waals surface area contributed by atoms with Gasteiger partial charge in [0.05, 0.1) is 0 Å². The molecule has 0 unspecified atom stereocenters. The van der Waals surface area contributed by atoms with E-state index in [0.29, 0.717) is 0 Å². The van der Waals surface area contributed by atoms with Gasteiger partial charge in [0.15, 0.2) is 0 Å². The summed E-state index contributed by atoms with van der Waals surface area (Å²) in [7, 11) is -4.67. The Morgan fingerprint density at radius 1 is 1.33 bits per heavy atom. The first-order chi connectivity index (χ1) is 2.00. The Labute approximate surface area is 80.9 Å². The molecule has 0 saturated heterocycles. The molecule has 0 aliphatic carbocycles. The summed E-state index contributed by atoms with van der Waals surface area (Å²) in [6.45, 7) is 0. The van der Waals surface area contributed by atoms with Crippen molar-refractivity contribution in [3.63, 3.8) is 0 Å². The predicted octanol–water partition coefficient (Wildman–Crippen LogP) is -1.08. The van der Waals surface area contributed by atoms with Crippen LogP contribution in [-0.2, 0) is 10.4 Å². The maximum atomic E-state index is 8.74. The summed E-state index contributed by atoms with van der Waals surface area (Å²) in [6, 6.07) is 0. The Hall–Kier alpha value is 1.51.